The Morgan fingerprint density at radius 3 is 2.56 bits per heavy atom. The fourth-order valence-electron chi connectivity index (χ4n) is 4.70. The highest BCUT2D eigenvalue weighted by Gasteiger charge is 2.74. The molecule has 5 atom stereocenters. The van der Waals surface area contributed by atoms with Crippen LogP contribution in [0.1, 0.15) is 27.0 Å². The van der Waals surface area contributed by atoms with Crippen LogP contribution in [0.4, 0.5) is 23.4 Å². The zero-order chi connectivity index (χ0) is 32.7. The minimum Gasteiger partial charge on any atom is -0.462 e. The van der Waals surface area contributed by atoms with Gasteiger partial charge in [-0.1, -0.05) is 30.3 Å². The van der Waals surface area contributed by atoms with Gasteiger partial charge >= 0.3 is 19.6 Å². The Morgan fingerprint density at radius 1 is 1.16 bits per heavy atom. The van der Waals surface area contributed by atoms with E-state index < -0.39 is 62.7 Å². The van der Waals surface area contributed by atoms with Gasteiger partial charge in [0.05, 0.1) is 19.0 Å². The van der Waals surface area contributed by atoms with Gasteiger partial charge in [-0.15, -0.1) is 0 Å². The molecular formula is C27H29F4N6O7P. The Kier molecular flexibility index (Phi) is 8.76. The number of nitrogens with one attached hydrogen (secondary N) is 1. The van der Waals surface area contributed by atoms with Crippen molar-refractivity contribution in [1.29, 1.82) is 0 Å². The molecule has 0 amide bonds. The number of alkyl halides is 4. The third-order valence-electron chi connectivity index (χ3n) is 7.00. The highest BCUT2D eigenvalue weighted by Crippen LogP contribution is 2.55. The molecule has 0 spiro atoms. The Hall–Kier alpha value is -3.89. The summed E-state index contributed by atoms with van der Waals surface area (Å²) in [5, 5.41) is 14.3. The number of fused-ring (bicyclic) bond motifs is 2. The SMILES string of the molecule is CC(C)OC(=O)C(C)NP(=O)(OCC1(C(F)F)OC(n2cnc3c(N)ncnc32)C(O)C1(F)F)Oc1ccc2ccccc2c1. The number of nitrogens with two attached hydrogens (primary N) is 1. The molecule has 0 radical (unpaired) electrons. The van der Waals surface area contributed by atoms with Crippen molar-refractivity contribution >= 4 is 41.5 Å². The van der Waals surface area contributed by atoms with Crippen LogP contribution in [0, 0.1) is 0 Å². The third-order valence-corrected chi connectivity index (χ3v) is 8.63. The number of aliphatic hydroxyl groups excluding tert-OH is 1. The van der Waals surface area contributed by atoms with E-state index in [1.54, 1.807) is 44.2 Å². The Labute approximate surface area is 253 Å². The summed E-state index contributed by atoms with van der Waals surface area (Å²) in [6.45, 7) is 2.58. The molecule has 4 N–H and O–H groups in total. The third kappa shape index (κ3) is 6.05. The van der Waals surface area contributed by atoms with E-state index in [0.717, 1.165) is 22.6 Å². The molecule has 0 saturated carbocycles. The molecule has 5 unspecified atom stereocenters. The van der Waals surface area contributed by atoms with E-state index in [0.29, 0.717) is 5.39 Å². The van der Waals surface area contributed by atoms with Crippen LogP contribution in [0.15, 0.2) is 55.1 Å². The first-order valence-corrected chi connectivity index (χ1v) is 15.1. The molecule has 0 bridgehead atoms. The number of halogens is 4. The molecule has 1 saturated heterocycles. The monoisotopic (exact) mass is 656 g/mol. The van der Waals surface area contributed by atoms with Gasteiger partial charge in [0.25, 0.3) is 6.43 Å². The van der Waals surface area contributed by atoms with Gasteiger partial charge in [-0.2, -0.15) is 13.9 Å². The van der Waals surface area contributed by atoms with Crippen molar-refractivity contribution in [2.24, 2.45) is 0 Å². The molecule has 1 aliphatic heterocycles. The van der Waals surface area contributed by atoms with E-state index >= 15 is 8.78 Å². The summed E-state index contributed by atoms with van der Waals surface area (Å²) in [4.78, 5) is 24.0. The van der Waals surface area contributed by atoms with E-state index in [9.17, 15) is 23.2 Å². The number of nitrogen functional groups attached to an aromatic ring is 1. The van der Waals surface area contributed by atoms with Crippen LogP contribution in [0.5, 0.6) is 5.75 Å². The van der Waals surface area contributed by atoms with E-state index in [1.807, 2.05) is 0 Å². The quantitative estimate of drug-likeness (QED) is 0.119. The molecule has 1 aliphatic rings. The maximum absolute atomic E-state index is 15.7. The topological polar surface area (TPSA) is 173 Å². The van der Waals surface area contributed by atoms with Crippen molar-refractivity contribution in [2.75, 3.05) is 12.3 Å². The summed E-state index contributed by atoms with van der Waals surface area (Å²) in [6.07, 6.45) is -7.72. The summed E-state index contributed by atoms with van der Waals surface area (Å²) in [7, 11) is -4.94. The van der Waals surface area contributed by atoms with Crippen molar-refractivity contribution in [3.63, 3.8) is 0 Å². The lowest BCUT2D eigenvalue weighted by atomic mass is 9.95. The molecule has 4 aromatic rings. The van der Waals surface area contributed by atoms with Crippen molar-refractivity contribution in [1.82, 2.24) is 24.6 Å². The van der Waals surface area contributed by atoms with Gasteiger partial charge < -0.3 is 24.8 Å². The van der Waals surface area contributed by atoms with Crippen LogP contribution < -0.4 is 15.3 Å². The van der Waals surface area contributed by atoms with Crippen molar-refractivity contribution < 1.29 is 50.5 Å². The van der Waals surface area contributed by atoms with E-state index in [1.165, 1.54) is 19.1 Å². The smallest absolute Gasteiger partial charge is 0.459 e. The van der Waals surface area contributed by atoms with Crippen LogP contribution in [-0.4, -0.2) is 73.4 Å². The molecule has 13 nitrogen and oxygen atoms in total. The zero-order valence-electron chi connectivity index (χ0n) is 24.0. The number of nitrogens with zero attached hydrogens (tertiary/aromatic N) is 4. The molecule has 3 heterocycles. The normalized spacial score (nSPS) is 23.4. The minimum absolute atomic E-state index is 0.0535. The Morgan fingerprint density at radius 2 is 1.87 bits per heavy atom. The molecule has 5 rings (SSSR count). The van der Waals surface area contributed by atoms with Gasteiger partial charge in [0.2, 0.25) is 5.60 Å². The summed E-state index contributed by atoms with van der Waals surface area (Å²) in [5.41, 5.74) is 1.63. The van der Waals surface area contributed by atoms with Crippen LogP contribution in [0.2, 0.25) is 0 Å². The predicted molar refractivity (Wildman–Crippen MR) is 152 cm³/mol. The average molecular weight is 657 g/mol. The lowest BCUT2D eigenvalue weighted by Gasteiger charge is -2.34. The summed E-state index contributed by atoms with van der Waals surface area (Å²) in [6, 6.07) is 10.0. The first kappa shape index (κ1) is 32.5. The molecule has 1 fully saturated rings. The highest BCUT2D eigenvalue weighted by molar-refractivity contribution is 7.52. The molecule has 45 heavy (non-hydrogen) atoms. The number of esters is 1. The van der Waals surface area contributed by atoms with Crippen LogP contribution in [0.3, 0.4) is 0 Å². The van der Waals surface area contributed by atoms with Crippen LogP contribution >= 0.6 is 7.75 Å². The van der Waals surface area contributed by atoms with E-state index in [4.69, 9.17) is 24.3 Å². The highest BCUT2D eigenvalue weighted by atomic mass is 31.2. The first-order valence-electron chi connectivity index (χ1n) is 13.5. The molecule has 0 aliphatic carbocycles. The van der Waals surface area contributed by atoms with Crippen LogP contribution in [0.25, 0.3) is 21.9 Å². The second kappa shape index (κ2) is 12.1. The summed E-state index contributed by atoms with van der Waals surface area (Å²) < 4.78 is 96.6. The number of carbonyl (C=O) groups excluding carboxylic acids is 1. The minimum atomic E-state index is -4.94. The predicted octanol–water partition coefficient (Wildman–Crippen LogP) is 4.22. The van der Waals surface area contributed by atoms with Gasteiger partial charge in [0.1, 0.15) is 23.6 Å². The van der Waals surface area contributed by atoms with Gasteiger partial charge in [0.15, 0.2) is 23.8 Å². The fourth-order valence-corrected chi connectivity index (χ4v) is 6.21. The fraction of sp³-hybridized carbons (Fsp3) is 0.407. The number of aromatic nitrogens is 4. The van der Waals surface area contributed by atoms with Gasteiger partial charge in [-0.25, -0.2) is 28.3 Å². The lowest BCUT2D eigenvalue weighted by Crippen LogP contribution is -2.57. The van der Waals surface area contributed by atoms with E-state index in [-0.39, 0.29) is 22.7 Å². The Balaban J connectivity index is 1.48. The lowest BCUT2D eigenvalue weighted by molar-refractivity contribution is -0.241. The van der Waals surface area contributed by atoms with Crippen LogP contribution in [-0.2, 0) is 23.4 Å². The number of hydrogen-bond acceptors (Lipinski definition) is 11. The number of rotatable bonds is 11. The molecule has 242 valence electrons. The van der Waals surface area contributed by atoms with Gasteiger partial charge in [0, 0.05) is 0 Å². The standard InChI is InChI=1S/C27H29F4N6O7P/c1-14(2)42-24(39)15(3)36-45(40,44-18-9-8-16-6-4-5-7-17(16)10-18)41-11-26(25(28)29)27(30,31)20(38)23(43-26)37-13-35-19-21(32)33-12-34-22(19)37/h4-10,12-15,20,23,25,38H,11H2,1-3H3,(H,36,40)(H2,32,33,34). The number of hydrogen-bond donors (Lipinski definition) is 3. The van der Waals surface area contributed by atoms with Crippen molar-refractivity contribution in [3.05, 3.63) is 55.1 Å². The largest absolute Gasteiger partial charge is 0.462 e. The van der Waals surface area contributed by atoms with Gasteiger partial charge in [-0.05, 0) is 43.7 Å². The molecule has 2 aromatic heterocycles. The number of anilines is 1. The van der Waals surface area contributed by atoms with Crippen molar-refractivity contribution in [2.45, 2.75) is 63.2 Å². The number of ether oxygens (including phenoxy) is 2. The van der Waals surface area contributed by atoms with Gasteiger partial charge in [-0.3, -0.25) is 13.9 Å². The number of imidazole rings is 1. The first-order chi connectivity index (χ1) is 21.2. The zero-order valence-corrected chi connectivity index (χ0v) is 24.9. The summed E-state index contributed by atoms with van der Waals surface area (Å²) in [5.74, 6) is -5.84. The Bertz CT molecular complexity index is 1760. The van der Waals surface area contributed by atoms with Crippen molar-refractivity contribution in [3.8, 4) is 5.75 Å². The second-order valence-electron chi connectivity index (χ2n) is 10.6. The molecule has 18 heteroatoms. The molecule has 2 aromatic carbocycles. The molecular weight excluding hydrogens is 627 g/mol. The maximum atomic E-state index is 15.7. The number of carbonyl (C=O) groups is 1. The summed E-state index contributed by atoms with van der Waals surface area (Å²) >= 11 is 0. The number of benzene rings is 2. The number of aliphatic hydroxyl groups is 1. The maximum Gasteiger partial charge on any atom is 0.459 e. The van der Waals surface area contributed by atoms with E-state index in [2.05, 4.69) is 20.0 Å². The average Bonchev–Trinajstić information content (AvgIpc) is 3.49. The second-order valence-corrected chi connectivity index (χ2v) is 12.3.